The van der Waals surface area contributed by atoms with Gasteiger partial charge in [0, 0.05) is 16.3 Å². The van der Waals surface area contributed by atoms with E-state index in [9.17, 15) is 4.79 Å². The summed E-state index contributed by atoms with van der Waals surface area (Å²) in [6.45, 7) is 1.64. The first kappa shape index (κ1) is 19.3. The van der Waals surface area contributed by atoms with Gasteiger partial charge in [0.05, 0.1) is 5.02 Å². The van der Waals surface area contributed by atoms with Crippen LogP contribution in [0.2, 0.25) is 10.0 Å². The molecule has 7 heteroatoms. The van der Waals surface area contributed by atoms with E-state index in [0.717, 1.165) is 11.1 Å². The zero-order valence-corrected chi connectivity index (χ0v) is 16.9. The molecule has 0 aliphatic carbocycles. The minimum atomic E-state index is -0.762. The Bertz CT molecular complexity index is 1160. The number of para-hydroxylation sites is 2. The summed E-state index contributed by atoms with van der Waals surface area (Å²) in [5.41, 5.74) is 2.85. The number of fused-ring (bicyclic) bond motifs is 1. The second-order valence-corrected chi connectivity index (χ2v) is 7.24. The van der Waals surface area contributed by atoms with Crippen LogP contribution in [0.25, 0.3) is 22.6 Å². The number of ether oxygens (including phenoxy) is 1. The zero-order valence-electron chi connectivity index (χ0n) is 15.4. The van der Waals surface area contributed by atoms with Crippen LogP contribution >= 0.6 is 23.2 Å². The lowest BCUT2D eigenvalue weighted by molar-refractivity contribution is -0.122. The van der Waals surface area contributed by atoms with Gasteiger partial charge >= 0.3 is 0 Å². The Balaban J connectivity index is 1.49. The fourth-order valence-electron chi connectivity index (χ4n) is 2.78. The van der Waals surface area contributed by atoms with Crippen molar-refractivity contribution in [3.05, 3.63) is 76.8 Å². The second kappa shape index (κ2) is 8.15. The molecule has 146 valence electrons. The van der Waals surface area contributed by atoms with Crippen molar-refractivity contribution in [3.63, 3.8) is 0 Å². The fourth-order valence-corrected chi connectivity index (χ4v) is 3.24. The van der Waals surface area contributed by atoms with E-state index >= 15 is 0 Å². The number of hydrogen-bond donors (Lipinski definition) is 1. The van der Waals surface area contributed by atoms with Gasteiger partial charge in [0.15, 0.2) is 11.7 Å². The second-order valence-electron chi connectivity index (χ2n) is 6.39. The van der Waals surface area contributed by atoms with Crippen molar-refractivity contribution >= 4 is 45.9 Å². The predicted octanol–water partition coefficient (Wildman–Crippen LogP) is 6.21. The van der Waals surface area contributed by atoms with Crippen LogP contribution in [0.5, 0.6) is 5.75 Å². The third kappa shape index (κ3) is 4.36. The van der Waals surface area contributed by atoms with Crippen LogP contribution in [0.3, 0.4) is 0 Å². The molecule has 0 fully saturated rings. The molecule has 0 radical (unpaired) electrons. The molecule has 0 aliphatic rings. The molecule has 1 atom stereocenters. The number of anilines is 1. The lowest BCUT2D eigenvalue weighted by Crippen LogP contribution is -2.30. The van der Waals surface area contributed by atoms with Gasteiger partial charge in [0.1, 0.15) is 11.3 Å². The van der Waals surface area contributed by atoms with E-state index in [4.69, 9.17) is 32.4 Å². The number of aromatic nitrogens is 1. The van der Waals surface area contributed by atoms with Crippen molar-refractivity contribution in [2.45, 2.75) is 13.0 Å². The molecule has 1 heterocycles. The molecular formula is C22H16Cl2N2O3. The van der Waals surface area contributed by atoms with Crippen molar-refractivity contribution in [3.8, 4) is 17.2 Å². The van der Waals surface area contributed by atoms with Gasteiger partial charge in [-0.25, -0.2) is 4.98 Å². The van der Waals surface area contributed by atoms with E-state index in [-0.39, 0.29) is 5.91 Å². The maximum absolute atomic E-state index is 12.5. The summed E-state index contributed by atoms with van der Waals surface area (Å²) in [6, 6.07) is 19.6. The lowest BCUT2D eigenvalue weighted by atomic mass is 10.2. The molecular weight excluding hydrogens is 411 g/mol. The summed E-state index contributed by atoms with van der Waals surface area (Å²) in [7, 11) is 0. The van der Waals surface area contributed by atoms with Crippen molar-refractivity contribution < 1.29 is 13.9 Å². The Morgan fingerprint density at radius 1 is 1.07 bits per heavy atom. The van der Waals surface area contributed by atoms with E-state index in [1.54, 1.807) is 37.3 Å². The fraction of sp³-hybridized carbons (Fsp3) is 0.0909. The third-order valence-corrected chi connectivity index (χ3v) is 4.77. The first-order valence-corrected chi connectivity index (χ1v) is 9.64. The molecule has 0 spiro atoms. The SMILES string of the molecule is C[C@H](Oc1ccc(Cl)cc1Cl)C(=O)Nc1cccc(-c2nc3ccccc3o2)c1. The summed E-state index contributed by atoms with van der Waals surface area (Å²) >= 11 is 12.0. The van der Waals surface area contributed by atoms with Gasteiger partial charge in [-0.1, -0.05) is 41.4 Å². The highest BCUT2D eigenvalue weighted by Crippen LogP contribution is 2.29. The molecule has 1 N–H and O–H groups in total. The number of nitrogens with one attached hydrogen (secondary N) is 1. The summed E-state index contributed by atoms with van der Waals surface area (Å²) in [5.74, 6) is 0.559. The standard InChI is InChI=1S/C22H16Cl2N2O3/c1-13(28-19-10-9-15(23)12-17(19)24)21(27)25-16-6-4-5-14(11-16)22-26-18-7-2-3-8-20(18)29-22/h2-13H,1H3,(H,25,27)/t13-/m0/s1. The van der Waals surface area contributed by atoms with Gasteiger partial charge in [-0.2, -0.15) is 0 Å². The quantitative estimate of drug-likeness (QED) is 0.412. The molecule has 0 unspecified atom stereocenters. The van der Waals surface area contributed by atoms with Crippen LogP contribution in [-0.4, -0.2) is 17.0 Å². The molecule has 0 aliphatic heterocycles. The monoisotopic (exact) mass is 426 g/mol. The summed E-state index contributed by atoms with van der Waals surface area (Å²) in [5, 5.41) is 3.67. The van der Waals surface area contributed by atoms with Crippen molar-refractivity contribution in [2.75, 3.05) is 5.32 Å². The highest BCUT2D eigenvalue weighted by Gasteiger charge is 2.17. The van der Waals surface area contributed by atoms with Crippen LogP contribution in [-0.2, 0) is 4.79 Å². The van der Waals surface area contributed by atoms with Crippen molar-refractivity contribution in [1.29, 1.82) is 0 Å². The van der Waals surface area contributed by atoms with E-state index in [2.05, 4.69) is 10.3 Å². The number of oxazole rings is 1. The maximum atomic E-state index is 12.5. The normalized spacial score (nSPS) is 12.0. The maximum Gasteiger partial charge on any atom is 0.265 e. The van der Waals surface area contributed by atoms with Gasteiger partial charge < -0.3 is 14.5 Å². The van der Waals surface area contributed by atoms with E-state index < -0.39 is 6.10 Å². The van der Waals surface area contributed by atoms with Crippen LogP contribution in [0, 0.1) is 0 Å². The minimum Gasteiger partial charge on any atom is -0.479 e. The van der Waals surface area contributed by atoms with Gasteiger partial charge in [0.2, 0.25) is 5.89 Å². The van der Waals surface area contributed by atoms with Crippen LogP contribution in [0.1, 0.15) is 6.92 Å². The number of benzene rings is 3. The molecule has 0 saturated heterocycles. The van der Waals surface area contributed by atoms with Crippen molar-refractivity contribution in [1.82, 2.24) is 4.98 Å². The number of carbonyl (C=O) groups excluding carboxylic acids is 1. The topological polar surface area (TPSA) is 64.4 Å². The Morgan fingerprint density at radius 3 is 2.69 bits per heavy atom. The van der Waals surface area contributed by atoms with Crippen LogP contribution in [0.15, 0.2) is 71.1 Å². The minimum absolute atomic E-state index is 0.314. The van der Waals surface area contributed by atoms with Gasteiger partial charge in [-0.3, -0.25) is 4.79 Å². The van der Waals surface area contributed by atoms with E-state index in [0.29, 0.717) is 33.0 Å². The number of halogens is 2. The highest BCUT2D eigenvalue weighted by molar-refractivity contribution is 6.35. The van der Waals surface area contributed by atoms with Crippen molar-refractivity contribution in [2.24, 2.45) is 0 Å². The van der Waals surface area contributed by atoms with Crippen LogP contribution < -0.4 is 10.1 Å². The average Bonchev–Trinajstić information content (AvgIpc) is 3.14. The summed E-state index contributed by atoms with van der Waals surface area (Å²) in [4.78, 5) is 17.0. The number of hydrogen-bond acceptors (Lipinski definition) is 4. The first-order valence-electron chi connectivity index (χ1n) is 8.88. The number of rotatable bonds is 5. The van der Waals surface area contributed by atoms with Gasteiger partial charge in [-0.15, -0.1) is 0 Å². The molecule has 0 saturated carbocycles. The number of nitrogens with zero attached hydrogens (tertiary/aromatic N) is 1. The Kier molecular flexibility index (Phi) is 5.43. The van der Waals surface area contributed by atoms with E-state index in [1.165, 1.54) is 0 Å². The largest absolute Gasteiger partial charge is 0.479 e. The molecule has 1 amide bonds. The average molecular weight is 427 g/mol. The van der Waals surface area contributed by atoms with Crippen LogP contribution in [0.4, 0.5) is 5.69 Å². The molecule has 4 aromatic rings. The summed E-state index contributed by atoms with van der Waals surface area (Å²) < 4.78 is 11.4. The predicted molar refractivity (Wildman–Crippen MR) is 115 cm³/mol. The molecule has 0 bridgehead atoms. The molecule has 4 rings (SSSR count). The Hall–Kier alpha value is -3.02. The Labute approximate surface area is 177 Å². The zero-order chi connectivity index (χ0) is 20.4. The van der Waals surface area contributed by atoms with Gasteiger partial charge in [-0.05, 0) is 55.5 Å². The lowest BCUT2D eigenvalue weighted by Gasteiger charge is -2.16. The van der Waals surface area contributed by atoms with Gasteiger partial charge in [0.25, 0.3) is 5.91 Å². The third-order valence-electron chi connectivity index (χ3n) is 4.24. The molecule has 29 heavy (non-hydrogen) atoms. The molecule has 1 aromatic heterocycles. The number of carbonyl (C=O) groups is 1. The first-order chi connectivity index (χ1) is 14.0. The smallest absolute Gasteiger partial charge is 0.265 e. The highest BCUT2D eigenvalue weighted by atomic mass is 35.5. The van der Waals surface area contributed by atoms with E-state index in [1.807, 2.05) is 36.4 Å². The summed E-state index contributed by atoms with van der Waals surface area (Å²) in [6.07, 6.45) is -0.762. The molecule has 5 nitrogen and oxygen atoms in total. The number of amides is 1. The molecule has 3 aromatic carbocycles. The Morgan fingerprint density at radius 2 is 1.90 bits per heavy atom.